The van der Waals surface area contributed by atoms with Gasteiger partial charge in [0.25, 0.3) is 17.4 Å². The third-order valence-electron chi connectivity index (χ3n) is 5.94. The summed E-state index contributed by atoms with van der Waals surface area (Å²) in [5.41, 5.74) is 1.32. The Labute approximate surface area is 197 Å². The molecule has 2 heterocycles. The molecule has 0 fully saturated rings. The standard InChI is InChI=1S/C25H28N4O3S/c1-16(2)27(17(3)4)13-14-28-24(32)20-11-7-8-12-21(20)26-25(28)33-15-29-22(30)18-9-5-6-10-19(18)23(29)31/h5-12,16-17H,13-15H2,1-4H3. The van der Waals surface area contributed by atoms with Crippen molar-refractivity contribution in [2.75, 3.05) is 12.4 Å². The van der Waals surface area contributed by atoms with Crippen LogP contribution in [0.1, 0.15) is 48.4 Å². The van der Waals surface area contributed by atoms with Gasteiger partial charge in [-0.2, -0.15) is 0 Å². The van der Waals surface area contributed by atoms with Gasteiger partial charge in [-0.05, 0) is 52.0 Å². The van der Waals surface area contributed by atoms with Crippen molar-refractivity contribution in [1.29, 1.82) is 0 Å². The zero-order valence-corrected chi connectivity index (χ0v) is 20.1. The average molecular weight is 465 g/mol. The lowest BCUT2D eigenvalue weighted by molar-refractivity contribution is 0.0684. The molecule has 0 unspecified atom stereocenters. The monoisotopic (exact) mass is 464 g/mol. The molecule has 1 aliphatic heterocycles. The van der Waals surface area contributed by atoms with Gasteiger partial charge in [-0.25, -0.2) is 4.98 Å². The zero-order valence-electron chi connectivity index (χ0n) is 19.3. The van der Waals surface area contributed by atoms with Gasteiger partial charge in [0.15, 0.2) is 5.16 Å². The van der Waals surface area contributed by atoms with Crippen molar-refractivity contribution in [3.8, 4) is 0 Å². The van der Waals surface area contributed by atoms with Crippen LogP contribution in [0.15, 0.2) is 58.5 Å². The first-order valence-corrected chi connectivity index (χ1v) is 12.1. The summed E-state index contributed by atoms with van der Waals surface area (Å²) in [5.74, 6) is -0.540. The van der Waals surface area contributed by atoms with E-state index in [9.17, 15) is 14.4 Å². The van der Waals surface area contributed by atoms with Gasteiger partial charge in [-0.3, -0.25) is 28.8 Å². The smallest absolute Gasteiger partial charge is 0.262 e. The molecule has 4 rings (SSSR count). The van der Waals surface area contributed by atoms with Crippen LogP contribution in [0.25, 0.3) is 10.9 Å². The molecule has 8 heteroatoms. The number of hydrogen-bond donors (Lipinski definition) is 0. The van der Waals surface area contributed by atoms with E-state index >= 15 is 0 Å². The lowest BCUT2D eigenvalue weighted by Gasteiger charge is -2.31. The minimum absolute atomic E-state index is 0.0925. The van der Waals surface area contributed by atoms with Crippen LogP contribution in [-0.4, -0.2) is 55.7 Å². The number of thioether (sulfide) groups is 1. The Kier molecular flexibility index (Phi) is 6.67. The molecule has 1 aromatic heterocycles. The number of carbonyl (C=O) groups is 2. The second-order valence-electron chi connectivity index (χ2n) is 8.65. The third-order valence-corrected chi connectivity index (χ3v) is 6.89. The van der Waals surface area contributed by atoms with E-state index in [0.29, 0.717) is 52.4 Å². The highest BCUT2D eigenvalue weighted by atomic mass is 32.2. The number of aromatic nitrogens is 2. The van der Waals surface area contributed by atoms with E-state index in [2.05, 4.69) is 32.6 Å². The van der Waals surface area contributed by atoms with E-state index < -0.39 is 0 Å². The number of para-hydroxylation sites is 1. The lowest BCUT2D eigenvalue weighted by atomic mass is 10.1. The molecule has 0 bridgehead atoms. The van der Waals surface area contributed by atoms with E-state index in [1.807, 2.05) is 18.2 Å². The minimum Gasteiger partial charge on any atom is -0.297 e. The van der Waals surface area contributed by atoms with Crippen molar-refractivity contribution >= 4 is 34.5 Å². The van der Waals surface area contributed by atoms with Crippen molar-refractivity contribution in [3.05, 3.63) is 70.0 Å². The highest BCUT2D eigenvalue weighted by Gasteiger charge is 2.35. The Balaban J connectivity index is 1.64. The molecule has 33 heavy (non-hydrogen) atoms. The second kappa shape index (κ2) is 9.49. The fraction of sp³-hybridized carbons (Fsp3) is 0.360. The fourth-order valence-corrected chi connectivity index (χ4v) is 5.23. The summed E-state index contributed by atoms with van der Waals surface area (Å²) in [6.45, 7) is 9.71. The van der Waals surface area contributed by atoms with Gasteiger partial charge in [0, 0.05) is 25.2 Å². The SMILES string of the molecule is CC(C)N(CCn1c(SCN2C(=O)c3ccccc3C2=O)nc2ccccc2c1=O)C(C)C. The van der Waals surface area contributed by atoms with Gasteiger partial charge in [-0.15, -0.1) is 0 Å². The molecule has 172 valence electrons. The summed E-state index contributed by atoms with van der Waals surface area (Å²) in [7, 11) is 0. The number of benzene rings is 2. The van der Waals surface area contributed by atoms with Crippen LogP contribution in [0, 0.1) is 0 Å². The number of hydrogen-bond acceptors (Lipinski definition) is 6. The Bertz CT molecular complexity index is 1220. The minimum atomic E-state index is -0.316. The zero-order chi connectivity index (χ0) is 23.7. The van der Waals surface area contributed by atoms with E-state index in [4.69, 9.17) is 4.98 Å². The molecule has 0 saturated heterocycles. The molecular weight excluding hydrogens is 436 g/mol. The number of amides is 2. The van der Waals surface area contributed by atoms with Crippen LogP contribution in [0.2, 0.25) is 0 Å². The Morgan fingerprint density at radius 3 is 2.06 bits per heavy atom. The van der Waals surface area contributed by atoms with Crippen molar-refractivity contribution in [1.82, 2.24) is 19.4 Å². The summed E-state index contributed by atoms with van der Waals surface area (Å²) in [4.78, 5) is 47.1. The van der Waals surface area contributed by atoms with Crippen LogP contribution in [0.5, 0.6) is 0 Å². The Morgan fingerprint density at radius 2 is 1.45 bits per heavy atom. The van der Waals surface area contributed by atoms with Crippen molar-refractivity contribution in [2.24, 2.45) is 0 Å². The van der Waals surface area contributed by atoms with Crippen LogP contribution < -0.4 is 5.56 Å². The summed E-state index contributed by atoms with van der Waals surface area (Å²) >= 11 is 1.24. The number of rotatable bonds is 8. The maximum absolute atomic E-state index is 13.3. The molecule has 7 nitrogen and oxygen atoms in total. The van der Waals surface area contributed by atoms with Gasteiger partial charge < -0.3 is 0 Å². The average Bonchev–Trinajstić information content (AvgIpc) is 3.03. The van der Waals surface area contributed by atoms with Gasteiger partial charge in [0.1, 0.15) is 0 Å². The summed E-state index contributed by atoms with van der Waals surface area (Å²) in [6.07, 6.45) is 0. The van der Waals surface area contributed by atoms with Gasteiger partial charge in [-0.1, -0.05) is 36.0 Å². The quantitative estimate of drug-likeness (QED) is 0.286. The third kappa shape index (κ3) is 4.45. The number of nitrogens with zero attached hydrogens (tertiary/aromatic N) is 4. The first kappa shape index (κ1) is 23.2. The molecule has 0 spiro atoms. The Morgan fingerprint density at radius 1 is 0.879 bits per heavy atom. The summed E-state index contributed by atoms with van der Waals surface area (Å²) in [6, 6.07) is 14.8. The van der Waals surface area contributed by atoms with Crippen LogP contribution in [0.3, 0.4) is 0 Å². The van der Waals surface area contributed by atoms with Gasteiger partial charge in [0.2, 0.25) is 0 Å². The van der Waals surface area contributed by atoms with E-state index in [0.717, 1.165) is 0 Å². The maximum Gasteiger partial charge on any atom is 0.262 e. The molecule has 1 aliphatic rings. The van der Waals surface area contributed by atoms with Crippen LogP contribution in [-0.2, 0) is 6.54 Å². The normalized spacial score (nSPS) is 13.7. The van der Waals surface area contributed by atoms with Crippen molar-refractivity contribution < 1.29 is 9.59 Å². The predicted molar refractivity (Wildman–Crippen MR) is 131 cm³/mol. The maximum atomic E-state index is 13.3. The molecular formula is C25H28N4O3S. The molecule has 2 aromatic carbocycles. The highest BCUT2D eigenvalue weighted by Crippen LogP contribution is 2.27. The molecule has 0 saturated carbocycles. The van der Waals surface area contributed by atoms with Crippen molar-refractivity contribution in [3.63, 3.8) is 0 Å². The molecule has 0 radical (unpaired) electrons. The number of carbonyl (C=O) groups excluding carboxylic acids is 2. The largest absolute Gasteiger partial charge is 0.297 e. The lowest BCUT2D eigenvalue weighted by Crippen LogP contribution is -2.40. The van der Waals surface area contributed by atoms with Crippen LogP contribution in [0.4, 0.5) is 0 Å². The molecule has 3 aromatic rings. The molecule has 0 atom stereocenters. The number of imide groups is 1. The fourth-order valence-electron chi connectivity index (χ4n) is 4.26. The topological polar surface area (TPSA) is 75.5 Å². The van der Waals surface area contributed by atoms with Gasteiger partial charge in [0.05, 0.1) is 27.9 Å². The number of fused-ring (bicyclic) bond motifs is 2. The molecule has 0 N–H and O–H groups in total. The van der Waals surface area contributed by atoms with Crippen LogP contribution >= 0.6 is 11.8 Å². The summed E-state index contributed by atoms with van der Waals surface area (Å²) in [5, 5.41) is 1.06. The van der Waals surface area contributed by atoms with Crippen molar-refractivity contribution in [2.45, 2.75) is 51.5 Å². The van der Waals surface area contributed by atoms with E-state index in [1.165, 1.54) is 16.7 Å². The first-order chi connectivity index (χ1) is 15.8. The molecule has 0 aliphatic carbocycles. The summed E-state index contributed by atoms with van der Waals surface area (Å²) < 4.78 is 1.67. The Hall–Kier alpha value is -2.97. The van der Waals surface area contributed by atoms with E-state index in [1.54, 1.807) is 34.9 Å². The second-order valence-corrected chi connectivity index (χ2v) is 9.56. The van der Waals surface area contributed by atoms with E-state index in [-0.39, 0.29) is 23.3 Å². The van der Waals surface area contributed by atoms with Gasteiger partial charge >= 0.3 is 0 Å². The first-order valence-electron chi connectivity index (χ1n) is 11.1. The molecule has 2 amide bonds. The predicted octanol–water partition coefficient (Wildman–Crippen LogP) is 3.86. The highest BCUT2D eigenvalue weighted by molar-refractivity contribution is 7.99.